The lowest BCUT2D eigenvalue weighted by atomic mass is 10.00. The lowest BCUT2D eigenvalue weighted by Crippen LogP contribution is -1.89. The molecule has 72 valence electrons. The van der Waals surface area contributed by atoms with Crippen LogP contribution in [0.2, 0.25) is 0 Å². The molecule has 0 saturated carbocycles. The fourth-order valence-corrected chi connectivity index (χ4v) is 1.52. The van der Waals surface area contributed by atoms with Gasteiger partial charge in [0.05, 0.1) is 11.6 Å². The summed E-state index contributed by atoms with van der Waals surface area (Å²) in [4.78, 5) is 0. The molecule has 0 fully saturated rings. The van der Waals surface area contributed by atoms with Crippen molar-refractivity contribution in [3.63, 3.8) is 0 Å². The SMILES string of the molecule is N#Cc1ccc(N)cc1-c1ccccc1. The molecule has 0 aliphatic heterocycles. The number of hydrogen-bond donors (Lipinski definition) is 1. The topological polar surface area (TPSA) is 49.8 Å². The number of nitrogens with zero attached hydrogens (tertiary/aromatic N) is 1. The number of nitriles is 1. The van der Waals surface area contributed by atoms with Crippen molar-refractivity contribution in [2.24, 2.45) is 0 Å². The molecule has 2 heteroatoms. The fraction of sp³-hybridized carbons (Fsp3) is 0. The van der Waals surface area contributed by atoms with Gasteiger partial charge in [0.25, 0.3) is 0 Å². The van der Waals surface area contributed by atoms with Crippen molar-refractivity contribution < 1.29 is 0 Å². The molecule has 2 aromatic rings. The molecule has 0 radical (unpaired) electrons. The lowest BCUT2D eigenvalue weighted by molar-refractivity contribution is 1.48. The van der Waals surface area contributed by atoms with Gasteiger partial charge in [-0.2, -0.15) is 5.26 Å². The Morgan fingerprint density at radius 1 is 1.00 bits per heavy atom. The Labute approximate surface area is 88.6 Å². The van der Waals surface area contributed by atoms with Crippen LogP contribution in [0.1, 0.15) is 5.56 Å². The third kappa shape index (κ3) is 1.82. The minimum Gasteiger partial charge on any atom is -0.399 e. The summed E-state index contributed by atoms with van der Waals surface area (Å²) in [6.45, 7) is 0. The van der Waals surface area contributed by atoms with E-state index in [-0.39, 0.29) is 0 Å². The molecule has 0 heterocycles. The maximum atomic E-state index is 8.98. The summed E-state index contributed by atoms with van der Waals surface area (Å²) in [6, 6.07) is 17.3. The van der Waals surface area contributed by atoms with E-state index in [1.807, 2.05) is 36.4 Å². The van der Waals surface area contributed by atoms with Crippen molar-refractivity contribution in [3.8, 4) is 17.2 Å². The standard InChI is InChI=1S/C13H10N2/c14-9-11-6-7-12(15)8-13(11)10-4-2-1-3-5-10/h1-8H,15H2. The van der Waals surface area contributed by atoms with Crippen LogP contribution >= 0.6 is 0 Å². The first-order valence-corrected chi connectivity index (χ1v) is 4.66. The van der Waals surface area contributed by atoms with Gasteiger partial charge in [0, 0.05) is 11.3 Å². The number of benzene rings is 2. The molecule has 0 atom stereocenters. The molecule has 2 N–H and O–H groups in total. The second-order valence-corrected chi connectivity index (χ2v) is 3.28. The van der Waals surface area contributed by atoms with Gasteiger partial charge in [-0.25, -0.2) is 0 Å². The number of hydrogen-bond acceptors (Lipinski definition) is 2. The molecular formula is C13H10N2. The summed E-state index contributed by atoms with van der Waals surface area (Å²) >= 11 is 0. The van der Waals surface area contributed by atoms with Gasteiger partial charge < -0.3 is 5.73 Å². The molecule has 0 aliphatic carbocycles. The van der Waals surface area contributed by atoms with E-state index in [2.05, 4.69) is 6.07 Å². The molecule has 0 saturated heterocycles. The Balaban J connectivity index is 2.62. The highest BCUT2D eigenvalue weighted by Gasteiger charge is 2.04. The summed E-state index contributed by atoms with van der Waals surface area (Å²) in [5.74, 6) is 0. The Morgan fingerprint density at radius 2 is 1.73 bits per heavy atom. The summed E-state index contributed by atoms with van der Waals surface area (Å²) in [6.07, 6.45) is 0. The predicted molar refractivity (Wildman–Crippen MR) is 61.0 cm³/mol. The van der Waals surface area contributed by atoms with Gasteiger partial charge >= 0.3 is 0 Å². The van der Waals surface area contributed by atoms with Gasteiger partial charge in [0.2, 0.25) is 0 Å². The van der Waals surface area contributed by atoms with Gasteiger partial charge in [-0.1, -0.05) is 30.3 Å². The van der Waals surface area contributed by atoms with Gasteiger partial charge in [-0.3, -0.25) is 0 Å². The highest BCUT2D eigenvalue weighted by atomic mass is 14.5. The number of anilines is 1. The normalized spacial score (nSPS) is 9.53. The molecule has 2 rings (SSSR count). The Bertz CT molecular complexity index is 510. The van der Waals surface area contributed by atoms with Crippen molar-refractivity contribution in [2.45, 2.75) is 0 Å². The van der Waals surface area contributed by atoms with Crippen molar-refractivity contribution in [1.29, 1.82) is 5.26 Å². The minimum absolute atomic E-state index is 0.649. The third-order valence-corrected chi connectivity index (χ3v) is 2.25. The van der Waals surface area contributed by atoms with Crippen molar-refractivity contribution in [1.82, 2.24) is 0 Å². The highest BCUT2D eigenvalue weighted by Crippen LogP contribution is 2.25. The summed E-state index contributed by atoms with van der Waals surface area (Å²) in [5, 5.41) is 8.98. The molecule has 0 aliphatic rings. The number of nitrogens with two attached hydrogens (primary N) is 1. The summed E-state index contributed by atoms with van der Waals surface area (Å²) < 4.78 is 0. The molecule has 0 bridgehead atoms. The second-order valence-electron chi connectivity index (χ2n) is 3.28. The van der Waals surface area contributed by atoms with Crippen LogP contribution in [0.25, 0.3) is 11.1 Å². The van der Waals surface area contributed by atoms with Crippen LogP contribution in [-0.4, -0.2) is 0 Å². The first kappa shape index (κ1) is 9.29. The maximum Gasteiger partial charge on any atom is 0.0998 e. The summed E-state index contributed by atoms with van der Waals surface area (Å²) in [7, 11) is 0. The Kier molecular flexibility index (Phi) is 2.38. The molecule has 0 aromatic heterocycles. The van der Waals surface area contributed by atoms with E-state index in [0.29, 0.717) is 11.3 Å². The number of rotatable bonds is 1. The Hall–Kier alpha value is -2.27. The van der Waals surface area contributed by atoms with E-state index >= 15 is 0 Å². The van der Waals surface area contributed by atoms with Crippen LogP contribution in [0.5, 0.6) is 0 Å². The number of nitrogen functional groups attached to an aromatic ring is 1. The molecular weight excluding hydrogens is 184 g/mol. The zero-order valence-electron chi connectivity index (χ0n) is 8.14. The second kappa shape index (κ2) is 3.85. The largest absolute Gasteiger partial charge is 0.399 e. The Morgan fingerprint density at radius 3 is 2.40 bits per heavy atom. The first-order chi connectivity index (χ1) is 7.31. The quantitative estimate of drug-likeness (QED) is 0.709. The van der Waals surface area contributed by atoms with E-state index < -0.39 is 0 Å². The van der Waals surface area contributed by atoms with Crippen LogP contribution < -0.4 is 5.73 Å². The van der Waals surface area contributed by atoms with Gasteiger partial charge in [-0.15, -0.1) is 0 Å². The van der Waals surface area contributed by atoms with Crippen LogP contribution in [-0.2, 0) is 0 Å². The van der Waals surface area contributed by atoms with Crippen LogP contribution in [0, 0.1) is 11.3 Å². The lowest BCUT2D eigenvalue weighted by Gasteiger charge is -2.04. The first-order valence-electron chi connectivity index (χ1n) is 4.66. The van der Waals surface area contributed by atoms with Gasteiger partial charge in [0.1, 0.15) is 0 Å². The van der Waals surface area contributed by atoms with Crippen LogP contribution in [0.15, 0.2) is 48.5 Å². The van der Waals surface area contributed by atoms with Crippen LogP contribution in [0.4, 0.5) is 5.69 Å². The predicted octanol–water partition coefficient (Wildman–Crippen LogP) is 2.81. The van der Waals surface area contributed by atoms with E-state index in [1.165, 1.54) is 0 Å². The van der Waals surface area contributed by atoms with Crippen molar-refractivity contribution in [2.75, 3.05) is 5.73 Å². The maximum absolute atomic E-state index is 8.98. The zero-order valence-corrected chi connectivity index (χ0v) is 8.14. The molecule has 15 heavy (non-hydrogen) atoms. The third-order valence-electron chi connectivity index (χ3n) is 2.25. The van der Waals surface area contributed by atoms with Crippen molar-refractivity contribution in [3.05, 3.63) is 54.1 Å². The monoisotopic (exact) mass is 194 g/mol. The molecule has 2 nitrogen and oxygen atoms in total. The van der Waals surface area contributed by atoms with E-state index in [9.17, 15) is 0 Å². The van der Waals surface area contributed by atoms with E-state index in [0.717, 1.165) is 11.1 Å². The minimum atomic E-state index is 0.649. The zero-order chi connectivity index (χ0) is 10.7. The van der Waals surface area contributed by atoms with E-state index in [1.54, 1.807) is 12.1 Å². The molecule has 0 amide bonds. The van der Waals surface area contributed by atoms with Gasteiger partial charge in [0.15, 0.2) is 0 Å². The fourth-order valence-electron chi connectivity index (χ4n) is 1.52. The smallest absolute Gasteiger partial charge is 0.0998 e. The van der Waals surface area contributed by atoms with Gasteiger partial charge in [-0.05, 0) is 23.8 Å². The molecule has 0 spiro atoms. The average molecular weight is 194 g/mol. The highest BCUT2D eigenvalue weighted by molar-refractivity contribution is 5.73. The average Bonchev–Trinajstić information content (AvgIpc) is 2.30. The summed E-state index contributed by atoms with van der Waals surface area (Å²) in [5.41, 5.74) is 8.93. The van der Waals surface area contributed by atoms with E-state index in [4.69, 9.17) is 11.0 Å². The molecule has 2 aromatic carbocycles. The molecule has 0 unspecified atom stereocenters. The van der Waals surface area contributed by atoms with Crippen molar-refractivity contribution >= 4 is 5.69 Å². The van der Waals surface area contributed by atoms with Crippen LogP contribution in [0.3, 0.4) is 0 Å².